The number of pyridine rings is 1. The van der Waals surface area contributed by atoms with Gasteiger partial charge in [0, 0.05) is 24.2 Å². The summed E-state index contributed by atoms with van der Waals surface area (Å²) in [6.45, 7) is 1.25. The highest BCUT2D eigenvalue weighted by Crippen LogP contribution is 2.46. The Kier molecular flexibility index (Phi) is 7.92. The molecule has 2 aromatic heterocycles. The van der Waals surface area contributed by atoms with E-state index in [2.05, 4.69) is 20.3 Å². The Morgan fingerprint density at radius 2 is 1.87 bits per heavy atom. The number of halogens is 2. The van der Waals surface area contributed by atoms with Gasteiger partial charge in [0.2, 0.25) is 0 Å². The van der Waals surface area contributed by atoms with Crippen LogP contribution in [0.25, 0.3) is 11.3 Å². The Morgan fingerprint density at radius 1 is 1.10 bits per heavy atom. The summed E-state index contributed by atoms with van der Waals surface area (Å²) in [5, 5.41) is 3.76. The predicted molar refractivity (Wildman–Crippen MR) is 149 cm³/mol. The molecule has 1 aliphatic carbocycles. The molecule has 2 aliphatic rings. The van der Waals surface area contributed by atoms with E-state index in [-0.39, 0.29) is 16.1 Å². The lowest BCUT2D eigenvalue weighted by Crippen LogP contribution is -2.52. The first-order valence-electron chi connectivity index (χ1n) is 12.2. The summed E-state index contributed by atoms with van der Waals surface area (Å²) in [5.41, 5.74) is 14.4. The monoisotopic (exact) mass is 570 g/mol. The maximum atomic E-state index is 6.79. The molecule has 1 aliphatic heterocycles. The predicted octanol–water partition coefficient (Wildman–Crippen LogP) is 4.35. The lowest BCUT2D eigenvalue weighted by Gasteiger charge is -2.33. The van der Waals surface area contributed by atoms with Gasteiger partial charge >= 0.3 is 0 Å². The molecule has 1 fully saturated rings. The largest absolute Gasteiger partial charge is 0.495 e. The molecule has 0 radical (unpaired) electrons. The number of nitrogens with one attached hydrogen (secondary N) is 1. The molecule has 0 saturated carbocycles. The van der Waals surface area contributed by atoms with E-state index in [1.807, 2.05) is 12.1 Å². The van der Waals surface area contributed by atoms with E-state index in [0.717, 1.165) is 6.42 Å². The first-order chi connectivity index (χ1) is 18.8. The van der Waals surface area contributed by atoms with Gasteiger partial charge in [-0.15, -0.1) is 0 Å². The third-order valence-corrected chi connectivity index (χ3v) is 7.37. The van der Waals surface area contributed by atoms with Crippen molar-refractivity contribution < 1.29 is 18.9 Å². The minimum Gasteiger partial charge on any atom is -0.495 e. The van der Waals surface area contributed by atoms with E-state index in [1.54, 1.807) is 36.5 Å². The van der Waals surface area contributed by atoms with Gasteiger partial charge in [-0.05, 0) is 30.4 Å². The average molecular weight is 571 g/mol. The van der Waals surface area contributed by atoms with Crippen molar-refractivity contribution in [2.75, 3.05) is 32.8 Å². The smallest absolute Gasteiger partial charge is 0.143 e. The summed E-state index contributed by atoms with van der Waals surface area (Å²) in [4.78, 5) is 13.4. The van der Waals surface area contributed by atoms with Gasteiger partial charge in [-0.3, -0.25) is 0 Å². The zero-order valence-corrected chi connectivity index (χ0v) is 22.9. The molecular formula is C27H28Cl2N6O4. The number of anilines is 2. The van der Waals surface area contributed by atoms with Gasteiger partial charge in [0.15, 0.2) is 0 Å². The van der Waals surface area contributed by atoms with Crippen LogP contribution in [-0.2, 0) is 15.0 Å². The Bertz CT molecular complexity index is 1400. The number of allylic oxidation sites excluding steroid dienone is 1. The van der Waals surface area contributed by atoms with E-state index in [9.17, 15) is 0 Å². The fraction of sp³-hybridized carbons (Fsp3) is 0.296. The first kappa shape index (κ1) is 27.2. The van der Waals surface area contributed by atoms with Gasteiger partial charge in [-0.1, -0.05) is 29.3 Å². The highest BCUT2D eigenvalue weighted by atomic mass is 35.5. The number of rotatable bonds is 8. The molecule has 5 N–H and O–H groups in total. The summed E-state index contributed by atoms with van der Waals surface area (Å²) in [7, 11) is 3.01. The number of ether oxygens (including phenoxy) is 4. The van der Waals surface area contributed by atoms with Crippen LogP contribution in [-0.4, -0.2) is 54.5 Å². The lowest BCUT2D eigenvalue weighted by atomic mass is 9.83. The van der Waals surface area contributed by atoms with E-state index in [4.69, 9.17) is 53.6 Å². The molecule has 3 atom stereocenters. The number of nitrogens with zero attached hydrogens (tertiary/aromatic N) is 3. The number of aromatic nitrogens is 3. The van der Waals surface area contributed by atoms with Crippen LogP contribution in [0.3, 0.4) is 0 Å². The molecule has 3 aromatic rings. The van der Waals surface area contributed by atoms with Crippen LogP contribution in [0.4, 0.5) is 11.5 Å². The highest BCUT2D eigenvalue weighted by molar-refractivity contribution is 6.41. The van der Waals surface area contributed by atoms with Gasteiger partial charge in [0.05, 0.1) is 56.1 Å². The molecule has 0 bridgehead atoms. The Hall–Kier alpha value is -3.41. The molecule has 3 unspecified atom stereocenters. The van der Waals surface area contributed by atoms with Crippen molar-refractivity contribution in [3.63, 3.8) is 0 Å². The summed E-state index contributed by atoms with van der Waals surface area (Å²) < 4.78 is 22.1. The summed E-state index contributed by atoms with van der Waals surface area (Å²) in [6, 6.07) is 6.46. The average Bonchev–Trinajstić information content (AvgIpc) is 3.47. The Balaban J connectivity index is 1.46. The molecule has 1 saturated heterocycles. The van der Waals surface area contributed by atoms with E-state index in [1.165, 1.54) is 20.5 Å². The second kappa shape index (κ2) is 11.4. The Morgan fingerprint density at radius 3 is 2.54 bits per heavy atom. The van der Waals surface area contributed by atoms with Crippen LogP contribution in [0.2, 0.25) is 10.0 Å². The second-order valence-electron chi connectivity index (χ2n) is 9.06. The molecule has 12 heteroatoms. The summed E-state index contributed by atoms with van der Waals surface area (Å²) >= 11 is 13.2. The standard InChI is InChI=1S/C27H28Cl2N6O4/c1-36-19-12-20(37-2)24(29)25(23(19)28)35-26-17(4-3-8-32-26)18-11-22(34-14-33-18)27(31)7-5-15(10-21(27)30)39-16-6-9-38-13-16/h3-5,7-8,10-12,14,16,21H,6,9,13,30-31H2,1-2H3,(H,32,35). The SMILES string of the molecule is COc1cc(OC)c(Cl)c(Nc2ncccc2-c2cc(C3(N)C=CC(OC4CCOC4)=CC3N)ncn2)c1Cl. The number of hydrogen-bond acceptors (Lipinski definition) is 10. The van der Waals surface area contributed by atoms with E-state index >= 15 is 0 Å². The van der Waals surface area contributed by atoms with Crippen molar-refractivity contribution in [2.45, 2.75) is 24.1 Å². The molecule has 39 heavy (non-hydrogen) atoms. The van der Waals surface area contributed by atoms with Crippen LogP contribution < -0.4 is 26.3 Å². The van der Waals surface area contributed by atoms with E-state index in [0.29, 0.717) is 58.9 Å². The van der Waals surface area contributed by atoms with Gasteiger partial charge in [-0.25, -0.2) is 15.0 Å². The second-order valence-corrected chi connectivity index (χ2v) is 9.82. The van der Waals surface area contributed by atoms with Crippen LogP contribution in [0, 0.1) is 0 Å². The third kappa shape index (κ3) is 5.39. The van der Waals surface area contributed by atoms with Crippen LogP contribution in [0.1, 0.15) is 12.1 Å². The number of benzene rings is 1. The highest BCUT2D eigenvalue weighted by Gasteiger charge is 2.36. The van der Waals surface area contributed by atoms with Crippen molar-refractivity contribution in [3.05, 3.63) is 76.5 Å². The fourth-order valence-corrected chi connectivity index (χ4v) is 5.00. The number of methoxy groups -OCH3 is 2. The fourth-order valence-electron chi connectivity index (χ4n) is 4.40. The lowest BCUT2D eigenvalue weighted by molar-refractivity contribution is 0.0961. The topological polar surface area (TPSA) is 140 Å². The molecule has 0 spiro atoms. The Labute approximate surface area is 235 Å². The zero-order valence-electron chi connectivity index (χ0n) is 21.4. The summed E-state index contributed by atoms with van der Waals surface area (Å²) in [5.74, 6) is 1.89. The van der Waals surface area contributed by atoms with Crippen LogP contribution >= 0.6 is 23.2 Å². The van der Waals surface area contributed by atoms with Crippen molar-refractivity contribution >= 4 is 34.7 Å². The molecular weight excluding hydrogens is 543 g/mol. The van der Waals surface area contributed by atoms with Gasteiger partial charge in [0.1, 0.15) is 45.6 Å². The van der Waals surface area contributed by atoms with Crippen LogP contribution in [0.5, 0.6) is 11.5 Å². The van der Waals surface area contributed by atoms with Crippen molar-refractivity contribution in [3.8, 4) is 22.8 Å². The van der Waals surface area contributed by atoms with E-state index < -0.39 is 11.6 Å². The van der Waals surface area contributed by atoms with Crippen LogP contribution in [0.15, 0.2) is 60.8 Å². The van der Waals surface area contributed by atoms with Gasteiger partial charge in [-0.2, -0.15) is 0 Å². The molecule has 204 valence electrons. The minimum absolute atomic E-state index is 0.00656. The number of hydrogen-bond donors (Lipinski definition) is 3. The van der Waals surface area contributed by atoms with Crippen molar-refractivity contribution in [1.29, 1.82) is 0 Å². The molecule has 1 aromatic carbocycles. The molecule has 5 rings (SSSR count). The molecule has 3 heterocycles. The van der Waals surface area contributed by atoms with Gasteiger partial charge in [0.25, 0.3) is 0 Å². The number of nitrogens with two attached hydrogens (primary N) is 2. The van der Waals surface area contributed by atoms with Gasteiger partial charge < -0.3 is 35.7 Å². The van der Waals surface area contributed by atoms with Crippen molar-refractivity contribution in [1.82, 2.24) is 15.0 Å². The molecule has 0 amide bonds. The third-order valence-electron chi connectivity index (χ3n) is 6.62. The first-order valence-corrected chi connectivity index (χ1v) is 12.9. The maximum Gasteiger partial charge on any atom is 0.143 e. The minimum atomic E-state index is -1.08. The molecule has 10 nitrogen and oxygen atoms in total. The quantitative estimate of drug-likeness (QED) is 0.358. The normalized spacial score (nSPS) is 22.4. The maximum absolute atomic E-state index is 6.79. The summed E-state index contributed by atoms with van der Waals surface area (Å²) in [6.07, 6.45) is 9.35. The van der Waals surface area contributed by atoms with Crippen molar-refractivity contribution in [2.24, 2.45) is 11.5 Å². The zero-order chi connectivity index (χ0) is 27.6.